The van der Waals surface area contributed by atoms with Gasteiger partial charge in [-0.2, -0.15) is 0 Å². The molecule has 0 fully saturated rings. The van der Waals surface area contributed by atoms with Crippen LogP contribution in [-0.2, 0) is 29.1 Å². The first kappa shape index (κ1) is 14.7. The van der Waals surface area contributed by atoms with Crippen LogP contribution in [0.5, 0.6) is 0 Å². The molecule has 8 heteroatoms. The lowest BCUT2D eigenvalue weighted by Crippen LogP contribution is -2.21. The van der Waals surface area contributed by atoms with Crippen molar-refractivity contribution in [2.45, 2.75) is 19.5 Å². The lowest BCUT2D eigenvalue weighted by molar-refractivity contribution is -0.118. The molecule has 0 radical (unpaired) electrons. The number of anilines is 1. The van der Waals surface area contributed by atoms with Crippen LogP contribution in [0.1, 0.15) is 11.3 Å². The van der Waals surface area contributed by atoms with Crippen molar-refractivity contribution in [1.82, 2.24) is 15.0 Å². The van der Waals surface area contributed by atoms with Crippen LogP contribution in [0.3, 0.4) is 0 Å². The highest BCUT2D eigenvalue weighted by molar-refractivity contribution is 5.92. The van der Waals surface area contributed by atoms with Crippen molar-refractivity contribution in [2.75, 3.05) is 5.32 Å². The lowest BCUT2D eigenvalue weighted by Gasteiger charge is -2.09. The van der Waals surface area contributed by atoms with Crippen molar-refractivity contribution < 1.29 is 9.59 Å². The number of rotatable bonds is 6. The first-order valence-corrected chi connectivity index (χ1v) is 6.33. The highest BCUT2D eigenvalue weighted by Gasteiger charge is 2.10. The van der Waals surface area contributed by atoms with Crippen molar-refractivity contribution in [3.63, 3.8) is 0 Å². The van der Waals surface area contributed by atoms with Crippen LogP contribution in [-0.4, -0.2) is 26.8 Å². The predicted molar refractivity (Wildman–Crippen MR) is 75.9 cm³/mol. The minimum atomic E-state index is -0.458. The summed E-state index contributed by atoms with van der Waals surface area (Å²) in [6, 6.07) is 6.99. The summed E-state index contributed by atoms with van der Waals surface area (Å²) in [6.45, 7) is 0.279. The molecular formula is C13H16N6O2. The number of carbonyl (C=O) groups excluding carboxylic acids is 2. The van der Waals surface area contributed by atoms with Gasteiger partial charge in [-0.3, -0.25) is 9.59 Å². The molecule has 0 saturated carbocycles. The van der Waals surface area contributed by atoms with Crippen LogP contribution in [0.25, 0.3) is 0 Å². The summed E-state index contributed by atoms with van der Waals surface area (Å²) < 4.78 is 1.40. The molecule has 2 rings (SSSR count). The lowest BCUT2D eigenvalue weighted by atomic mass is 10.1. The standard InChI is InChI=1S/C13H16N6O2/c14-6-10-7-19(18-17-10)8-13(21)16-11-4-2-1-3-9(11)5-12(15)20/h1-4,7H,5-6,8,14H2,(H2,15,20)(H,16,21). The maximum Gasteiger partial charge on any atom is 0.246 e. The van der Waals surface area contributed by atoms with E-state index in [-0.39, 0.29) is 25.4 Å². The number of nitrogens with one attached hydrogen (secondary N) is 1. The minimum Gasteiger partial charge on any atom is -0.369 e. The van der Waals surface area contributed by atoms with E-state index in [0.29, 0.717) is 16.9 Å². The molecule has 2 aromatic rings. The Hall–Kier alpha value is -2.74. The van der Waals surface area contributed by atoms with E-state index in [1.807, 2.05) is 0 Å². The topological polar surface area (TPSA) is 129 Å². The Morgan fingerprint density at radius 1 is 1.29 bits per heavy atom. The van der Waals surface area contributed by atoms with E-state index in [9.17, 15) is 9.59 Å². The van der Waals surface area contributed by atoms with Gasteiger partial charge in [-0.15, -0.1) is 5.10 Å². The summed E-state index contributed by atoms with van der Waals surface area (Å²) in [4.78, 5) is 23.0. The normalized spacial score (nSPS) is 10.3. The fraction of sp³-hybridized carbons (Fsp3) is 0.231. The Morgan fingerprint density at radius 2 is 2.05 bits per heavy atom. The number of hydrogen-bond acceptors (Lipinski definition) is 5. The molecule has 8 nitrogen and oxygen atoms in total. The number of carbonyl (C=O) groups is 2. The second-order valence-corrected chi connectivity index (χ2v) is 4.46. The van der Waals surface area contributed by atoms with E-state index >= 15 is 0 Å². The third kappa shape index (κ3) is 4.11. The predicted octanol–water partition coefficient (Wildman–Crippen LogP) is -0.597. The van der Waals surface area contributed by atoms with E-state index in [0.717, 1.165) is 0 Å². The zero-order valence-electron chi connectivity index (χ0n) is 11.3. The SMILES string of the molecule is NCc1cn(CC(=O)Nc2ccccc2CC(N)=O)nn1. The molecule has 0 saturated heterocycles. The third-order valence-corrected chi connectivity index (χ3v) is 2.76. The molecule has 0 bridgehead atoms. The van der Waals surface area contributed by atoms with Gasteiger partial charge in [-0.05, 0) is 11.6 Å². The Bertz CT molecular complexity index is 652. The molecule has 0 aliphatic carbocycles. The van der Waals surface area contributed by atoms with Crippen molar-refractivity contribution in [1.29, 1.82) is 0 Å². The molecule has 21 heavy (non-hydrogen) atoms. The number of hydrogen-bond donors (Lipinski definition) is 3. The molecule has 5 N–H and O–H groups in total. The van der Waals surface area contributed by atoms with Gasteiger partial charge in [0.25, 0.3) is 0 Å². The Balaban J connectivity index is 2.03. The summed E-state index contributed by atoms with van der Waals surface area (Å²) in [6.07, 6.45) is 1.67. The number of amides is 2. The van der Waals surface area contributed by atoms with E-state index < -0.39 is 5.91 Å². The zero-order valence-corrected chi connectivity index (χ0v) is 11.3. The van der Waals surface area contributed by atoms with Gasteiger partial charge in [-0.1, -0.05) is 23.4 Å². The second-order valence-electron chi connectivity index (χ2n) is 4.46. The molecule has 0 spiro atoms. The summed E-state index contributed by atoms with van der Waals surface area (Å²) in [5.41, 5.74) is 12.4. The molecule has 0 aliphatic rings. The average Bonchev–Trinajstić information content (AvgIpc) is 2.88. The maximum absolute atomic E-state index is 12.0. The molecule has 2 amide bonds. The summed E-state index contributed by atoms with van der Waals surface area (Å²) >= 11 is 0. The van der Waals surface area contributed by atoms with Gasteiger partial charge in [0.2, 0.25) is 11.8 Å². The van der Waals surface area contributed by atoms with Gasteiger partial charge in [0.15, 0.2) is 0 Å². The largest absolute Gasteiger partial charge is 0.369 e. The number of nitrogens with zero attached hydrogens (tertiary/aromatic N) is 3. The van der Waals surface area contributed by atoms with Crippen LogP contribution in [0, 0.1) is 0 Å². The number of aromatic nitrogens is 3. The fourth-order valence-corrected chi connectivity index (χ4v) is 1.83. The number of benzene rings is 1. The Kier molecular flexibility index (Phi) is 4.62. The van der Waals surface area contributed by atoms with E-state index in [1.54, 1.807) is 30.5 Å². The van der Waals surface area contributed by atoms with Gasteiger partial charge in [0, 0.05) is 12.2 Å². The second kappa shape index (κ2) is 6.62. The van der Waals surface area contributed by atoms with Gasteiger partial charge in [-0.25, -0.2) is 4.68 Å². The molecule has 1 heterocycles. The Labute approximate surface area is 121 Å². The third-order valence-electron chi connectivity index (χ3n) is 2.76. The van der Waals surface area contributed by atoms with Crippen LogP contribution in [0.4, 0.5) is 5.69 Å². The highest BCUT2D eigenvalue weighted by atomic mass is 16.2. The van der Waals surface area contributed by atoms with Crippen LogP contribution < -0.4 is 16.8 Å². The van der Waals surface area contributed by atoms with Crippen molar-refractivity contribution in [3.05, 3.63) is 41.7 Å². The van der Waals surface area contributed by atoms with E-state index in [1.165, 1.54) is 4.68 Å². The van der Waals surface area contributed by atoms with Crippen molar-refractivity contribution >= 4 is 17.5 Å². The van der Waals surface area contributed by atoms with E-state index in [4.69, 9.17) is 11.5 Å². The first-order chi connectivity index (χ1) is 10.1. The molecule has 0 atom stereocenters. The summed E-state index contributed by atoms with van der Waals surface area (Å²) in [5, 5.41) is 10.3. The van der Waals surface area contributed by atoms with E-state index in [2.05, 4.69) is 15.6 Å². The fourth-order valence-electron chi connectivity index (χ4n) is 1.83. The number of para-hydroxylation sites is 1. The van der Waals surface area contributed by atoms with Crippen molar-refractivity contribution in [3.8, 4) is 0 Å². The number of primary amides is 1. The van der Waals surface area contributed by atoms with Crippen LogP contribution in [0.15, 0.2) is 30.5 Å². The average molecular weight is 288 g/mol. The smallest absolute Gasteiger partial charge is 0.246 e. The van der Waals surface area contributed by atoms with Crippen LogP contribution >= 0.6 is 0 Å². The highest BCUT2D eigenvalue weighted by Crippen LogP contribution is 2.15. The zero-order chi connectivity index (χ0) is 15.2. The molecule has 0 unspecified atom stereocenters. The van der Waals surface area contributed by atoms with Crippen LogP contribution in [0.2, 0.25) is 0 Å². The summed E-state index contributed by atoms with van der Waals surface area (Å²) in [7, 11) is 0. The molecule has 0 aliphatic heterocycles. The quantitative estimate of drug-likeness (QED) is 0.654. The van der Waals surface area contributed by atoms with Gasteiger partial charge >= 0.3 is 0 Å². The number of nitrogens with two attached hydrogens (primary N) is 2. The summed E-state index contributed by atoms with van der Waals surface area (Å²) in [5.74, 6) is -0.735. The molecule has 1 aromatic heterocycles. The van der Waals surface area contributed by atoms with Crippen molar-refractivity contribution in [2.24, 2.45) is 11.5 Å². The minimum absolute atomic E-state index is 0.0118. The maximum atomic E-state index is 12.0. The monoisotopic (exact) mass is 288 g/mol. The Morgan fingerprint density at radius 3 is 2.71 bits per heavy atom. The van der Waals surface area contributed by atoms with Gasteiger partial charge in [0.1, 0.15) is 6.54 Å². The molecule has 1 aromatic carbocycles. The molecule has 110 valence electrons. The first-order valence-electron chi connectivity index (χ1n) is 6.33. The molecular weight excluding hydrogens is 272 g/mol. The van der Waals surface area contributed by atoms with Gasteiger partial charge in [0.05, 0.1) is 18.3 Å². The van der Waals surface area contributed by atoms with Gasteiger partial charge < -0.3 is 16.8 Å².